The normalized spacial score (nSPS) is 10.6. The first-order chi connectivity index (χ1) is 15.1. The van der Waals surface area contributed by atoms with Crippen molar-refractivity contribution in [2.45, 2.75) is 27.0 Å². The maximum atomic E-state index is 12.9. The maximum absolute atomic E-state index is 12.9. The molecule has 2 aromatic heterocycles. The summed E-state index contributed by atoms with van der Waals surface area (Å²) < 4.78 is 7.77. The molecule has 2 heterocycles. The van der Waals surface area contributed by atoms with Crippen molar-refractivity contribution in [3.05, 3.63) is 107 Å². The molecular weight excluding hydrogens is 388 g/mol. The molecule has 1 N–H and O–H groups in total. The van der Waals surface area contributed by atoms with Gasteiger partial charge in [-0.1, -0.05) is 36.4 Å². The van der Waals surface area contributed by atoms with E-state index in [1.807, 2.05) is 68.4 Å². The molecule has 0 fully saturated rings. The van der Waals surface area contributed by atoms with Gasteiger partial charge in [-0.15, -0.1) is 0 Å². The van der Waals surface area contributed by atoms with E-state index in [0.29, 0.717) is 24.5 Å². The molecule has 6 heteroatoms. The third-order valence-corrected chi connectivity index (χ3v) is 4.96. The van der Waals surface area contributed by atoms with E-state index >= 15 is 0 Å². The summed E-state index contributed by atoms with van der Waals surface area (Å²) in [5.41, 5.74) is 4.51. The van der Waals surface area contributed by atoms with Gasteiger partial charge in [0.25, 0.3) is 5.91 Å². The summed E-state index contributed by atoms with van der Waals surface area (Å²) in [7, 11) is 0. The summed E-state index contributed by atoms with van der Waals surface area (Å²) in [6.07, 6.45) is 5.20. The van der Waals surface area contributed by atoms with Crippen LogP contribution in [0.2, 0.25) is 0 Å². The Labute approximate surface area is 181 Å². The van der Waals surface area contributed by atoms with Gasteiger partial charge in [-0.25, -0.2) is 4.68 Å². The van der Waals surface area contributed by atoms with Crippen molar-refractivity contribution in [3.8, 4) is 5.75 Å². The van der Waals surface area contributed by atoms with Crippen LogP contribution < -0.4 is 10.1 Å². The van der Waals surface area contributed by atoms with Crippen LogP contribution in [0, 0.1) is 13.8 Å². The van der Waals surface area contributed by atoms with Crippen LogP contribution in [0.5, 0.6) is 5.75 Å². The molecule has 0 saturated heterocycles. The van der Waals surface area contributed by atoms with Gasteiger partial charge < -0.3 is 10.1 Å². The maximum Gasteiger partial charge on any atom is 0.256 e. The number of hydrogen-bond acceptors (Lipinski definition) is 4. The molecule has 156 valence electrons. The van der Waals surface area contributed by atoms with E-state index in [2.05, 4.69) is 15.4 Å². The summed E-state index contributed by atoms with van der Waals surface area (Å²) in [4.78, 5) is 17.0. The third-order valence-electron chi connectivity index (χ3n) is 4.96. The molecular formula is C25H24N4O2. The highest BCUT2D eigenvalue weighted by Gasteiger charge is 2.14. The van der Waals surface area contributed by atoms with Gasteiger partial charge in [0.2, 0.25) is 0 Å². The number of ether oxygens (including phenoxy) is 1. The largest absolute Gasteiger partial charge is 0.488 e. The van der Waals surface area contributed by atoms with E-state index < -0.39 is 0 Å². The number of rotatable bonds is 7. The highest BCUT2D eigenvalue weighted by atomic mass is 16.5. The predicted molar refractivity (Wildman–Crippen MR) is 120 cm³/mol. The first-order valence-corrected chi connectivity index (χ1v) is 10.1. The summed E-state index contributed by atoms with van der Waals surface area (Å²) in [6.45, 7) is 4.91. The van der Waals surface area contributed by atoms with E-state index in [1.165, 1.54) is 0 Å². The average molecular weight is 412 g/mol. The quantitative estimate of drug-likeness (QED) is 0.475. The molecule has 6 nitrogen and oxygen atoms in total. The number of amides is 1. The van der Waals surface area contributed by atoms with Crippen LogP contribution in [0.15, 0.2) is 79.3 Å². The number of aromatic nitrogens is 3. The van der Waals surface area contributed by atoms with E-state index in [9.17, 15) is 4.79 Å². The molecule has 1 amide bonds. The Bertz CT molecular complexity index is 1150. The van der Waals surface area contributed by atoms with Crippen LogP contribution in [-0.4, -0.2) is 20.7 Å². The topological polar surface area (TPSA) is 69.0 Å². The zero-order chi connectivity index (χ0) is 21.6. The number of nitrogens with one attached hydrogen (secondary N) is 1. The van der Waals surface area contributed by atoms with Gasteiger partial charge in [0.15, 0.2) is 0 Å². The van der Waals surface area contributed by atoms with Crippen LogP contribution in [-0.2, 0) is 13.2 Å². The Hall–Kier alpha value is -3.93. The molecule has 0 aliphatic rings. The molecule has 4 aromatic rings. The van der Waals surface area contributed by atoms with E-state index in [-0.39, 0.29) is 5.91 Å². The first-order valence-electron chi connectivity index (χ1n) is 10.1. The second-order valence-electron chi connectivity index (χ2n) is 7.40. The minimum Gasteiger partial charge on any atom is -0.488 e. The van der Waals surface area contributed by atoms with Crippen LogP contribution in [0.25, 0.3) is 0 Å². The highest BCUT2D eigenvalue weighted by Crippen LogP contribution is 2.26. The van der Waals surface area contributed by atoms with Crippen molar-refractivity contribution in [2.24, 2.45) is 0 Å². The zero-order valence-electron chi connectivity index (χ0n) is 17.6. The number of hydrogen-bond donors (Lipinski definition) is 1. The Kier molecular flexibility index (Phi) is 6.08. The minimum absolute atomic E-state index is 0.181. The summed E-state index contributed by atoms with van der Waals surface area (Å²) in [5.74, 6) is 1.26. The van der Waals surface area contributed by atoms with Crippen molar-refractivity contribution in [2.75, 3.05) is 5.32 Å². The van der Waals surface area contributed by atoms with Gasteiger partial charge in [0, 0.05) is 29.6 Å². The molecule has 31 heavy (non-hydrogen) atoms. The summed E-state index contributed by atoms with van der Waals surface area (Å²) in [5, 5.41) is 7.31. The average Bonchev–Trinajstić information content (AvgIpc) is 3.21. The monoisotopic (exact) mass is 412 g/mol. The van der Waals surface area contributed by atoms with Gasteiger partial charge in [-0.05, 0) is 48.7 Å². The van der Waals surface area contributed by atoms with Gasteiger partial charge in [-0.2, -0.15) is 5.10 Å². The van der Waals surface area contributed by atoms with Crippen molar-refractivity contribution in [1.82, 2.24) is 14.8 Å². The summed E-state index contributed by atoms with van der Waals surface area (Å²) >= 11 is 0. The van der Waals surface area contributed by atoms with Gasteiger partial charge >= 0.3 is 0 Å². The molecule has 0 saturated carbocycles. The SMILES string of the molecule is Cc1cc(C(=O)Nc2ccnn2Cc2ccccc2)cc(C)c1OCc1cccnc1. The lowest BCUT2D eigenvalue weighted by atomic mass is 10.0. The molecule has 0 aliphatic carbocycles. The molecule has 0 aliphatic heterocycles. The Morgan fingerprint density at radius 1 is 0.968 bits per heavy atom. The van der Waals surface area contributed by atoms with Crippen molar-refractivity contribution >= 4 is 11.7 Å². The zero-order valence-corrected chi connectivity index (χ0v) is 17.6. The number of carbonyl (C=O) groups is 1. The lowest BCUT2D eigenvalue weighted by Crippen LogP contribution is -2.16. The molecule has 0 atom stereocenters. The number of pyridine rings is 1. The molecule has 0 bridgehead atoms. The van der Waals surface area contributed by atoms with Crippen LogP contribution in [0.4, 0.5) is 5.82 Å². The van der Waals surface area contributed by atoms with Crippen LogP contribution in [0.1, 0.15) is 32.6 Å². The van der Waals surface area contributed by atoms with Crippen molar-refractivity contribution in [3.63, 3.8) is 0 Å². The number of aryl methyl sites for hydroxylation is 2. The Balaban J connectivity index is 1.46. The minimum atomic E-state index is -0.181. The number of benzene rings is 2. The van der Waals surface area contributed by atoms with Gasteiger partial charge in [0.1, 0.15) is 18.2 Å². The second kappa shape index (κ2) is 9.26. The molecule has 4 rings (SSSR count). The number of carbonyl (C=O) groups excluding carboxylic acids is 1. The van der Waals surface area contributed by atoms with E-state index in [0.717, 1.165) is 28.0 Å². The predicted octanol–water partition coefficient (Wildman–Crippen LogP) is 4.77. The Morgan fingerprint density at radius 3 is 2.42 bits per heavy atom. The fourth-order valence-electron chi connectivity index (χ4n) is 3.46. The lowest BCUT2D eigenvalue weighted by molar-refractivity contribution is 0.102. The molecule has 0 spiro atoms. The first kappa shape index (κ1) is 20.3. The molecule has 0 unspecified atom stereocenters. The van der Waals surface area contributed by atoms with Crippen LogP contribution in [0.3, 0.4) is 0 Å². The van der Waals surface area contributed by atoms with Crippen LogP contribution >= 0.6 is 0 Å². The fourth-order valence-corrected chi connectivity index (χ4v) is 3.46. The number of nitrogens with zero attached hydrogens (tertiary/aromatic N) is 3. The lowest BCUT2D eigenvalue weighted by Gasteiger charge is -2.14. The highest BCUT2D eigenvalue weighted by molar-refractivity contribution is 6.04. The smallest absolute Gasteiger partial charge is 0.256 e. The summed E-state index contributed by atoms with van der Waals surface area (Å²) in [6, 6.07) is 19.4. The molecule has 2 aromatic carbocycles. The van der Waals surface area contributed by atoms with E-state index in [1.54, 1.807) is 29.3 Å². The fraction of sp³-hybridized carbons (Fsp3) is 0.160. The number of anilines is 1. The van der Waals surface area contributed by atoms with Gasteiger partial charge in [0.05, 0.1) is 12.7 Å². The van der Waals surface area contributed by atoms with E-state index in [4.69, 9.17) is 4.74 Å². The second-order valence-corrected chi connectivity index (χ2v) is 7.40. The van der Waals surface area contributed by atoms with Crippen molar-refractivity contribution < 1.29 is 9.53 Å². The third kappa shape index (κ3) is 4.98. The standard InChI is InChI=1S/C25H24N4O2/c1-18-13-22(14-19(2)24(18)31-17-21-9-6-11-26-15-21)25(30)28-23-10-12-27-29(23)16-20-7-4-3-5-8-20/h3-15H,16-17H2,1-2H3,(H,28,30). The van der Waals surface area contributed by atoms with Gasteiger partial charge in [-0.3, -0.25) is 9.78 Å². The Morgan fingerprint density at radius 2 is 1.71 bits per heavy atom. The molecule has 0 radical (unpaired) electrons. The van der Waals surface area contributed by atoms with Crippen molar-refractivity contribution in [1.29, 1.82) is 0 Å².